The molecule has 0 atom stereocenters. The van der Waals surface area contributed by atoms with Crippen molar-refractivity contribution in [2.24, 2.45) is 0 Å². The van der Waals surface area contributed by atoms with Crippen LogP contribution >= 0.6 is 27.3 Å². The first-order chi connectivity index (χ1) is 7.31. The van der Waals surface area contributed by atoms with Crippen molar-refractivity contribution in [3.63, 3.8) is 0 Å². The summed E-state index contributed by atoms with van der Waals surface area (Å²) in [5.41, 5.74) is 0. The first-order valence-corrected chi connectivity index (χ1v) is 7.19. The second kappa shape index (κ2) is 5.12. The maximum atomic E-state index is 12.0. The largest absolute Gasteiger partial charge is 0.339 e. The van der Waals surface area contributed by atoms with E-state index in [9.17, 15) is 4.79 Å². The number of hydrogen-bond acceptors (Lipinski definition) is 2. The van der Waals surface area contributed by atoms with Crippen LogP contribution in [0.1, 0.15) is 17.7 Å². The van der Waals surface area contributed by atoms with Crippen molar-refractivity contribution in [2.45, 2.75) is 25.3 Å². The van der Waals surface area contributed by atoms with E-state index < -0.39 is 0 Å². The Morgan fingerprint density at radius 3 is 2.93 bits per heavy atom. The number of amides is 1. The second-order valence-electron chi connectivity index (χ2n) is 3.76. The molecule has 15 heavy (non-hydrogen) atoms. The molecule has 1 saturated carbocycles. The average molecular weight is 288 g/mol. The summed E-state index contributed by atoms with van der Waals surface area (Å²) in [6.45, 7) is 0.842. The van der Waals surface area contributed by atoms with E-state index in [0.717, 1.165) is 11.9 Å². The molecule has 1 aliphatic rings. The molecule has 1 aromatic rings. The van der Waals surface area contributed by atoms with Gasteiger partial charge in [0.05, 0.1) is 6.42 Å². The fraction of sp³-hybridized carbons (Fsp3) is 0.545. The summed E-state index contributed by atoms with van der Waals surface area (Å²) >= 11 is 5.06. The summed E-state index contributed by atoms with van der Waals surface area (Å²) in [5, 5.41) is 2.90. The van der Waals surface area contributed by atoms with E-state index in [4.69, 9.17) is 0 Å². The molecule has 0 N–H and O–H groups in total. The van der Waals surface area contributed by atoms with Crippen LogP contribution in [0.3, 0.4) is 0 Å². The van der Waals surface area contributed by atoms with Gasteiger partial charge in [0.1, 0.15) is 0 Å². The van der Waals surface area contributed by atoms with Crippen LogP contribution in [0.25, 0.3) is 0 Å². The number of halogens is 1. The van der Waals surface area contributed by atoms with Gasteiger partial charge in [0, 0.05) is 22.8 Å². The van der Waals surface area contributed by atoms with Crippen LogP contribution in [0.4, 0.5) is 0 Å². The molecule has 82 valence electrons. The van der Waals surface area contributed by atoms with Gasteiger partial charge in [0.15, 0.2) is 0 Å². The molecule has 1 fully saturated rings. The standard InChI is InChI=1S/C11H14BrNOS/c12-5-6-13(9-3-4-9)11(14)8-10-2-1-7-15-10/h1-2,7,9H,3-6,8H2. The van der Waals surface area contributed by atoms with Gasteiger partial charge in [-0.25, -0.2) is 0 Å². The van der Waals surface area contributed by atoms with Crippen molar-refractivity contribution in [1.29, 1.82) is 0 Å². The molecular weight excluding hydrogens is 274 g/mol. The van der Waals surface area contributed by atoms with Gasteiger partial charge in [-0.2, -0.15) is 0 Å². The van der Waals surface area contributed by atoms with E-state index in [1.165, 1.54) is 17.7 Å². The van der Waals surface area contributed by atoms with Gasteiger partial charge < -0.3 is 4.90 Å². The number of rotatable bonds is 5. The number of thiophene rings is 1. The summed E-state index contributed by atoms with van der Waals surface area (Å²) < 4.78 is 0. The molecule has 0 bridgehead atoms. The number of carbonyl (C=O) groups is 1. The Kier molecular flexibility index (Phi) is 3.81. The molecule has 0 radical (unpaired) electrons. The Hall–Kier alpha value is -0.350. The molecule has 1 amide bonds. The molecule has 1 aromatic heterocycles. The maximum Gasteiger partial charge on any atom is 0.228 e. The summed E-state index contributed by atoms with van der Waals surface area (Å²) in [6.07, 6.45) is 2.94. The highest BCUT2D eigenvalue weighted by Crippen LogP contribution is 2.27. The Morgan fingerprint density at radius 1 is 1.60 bits per heavy atom. The van der Waals surface area contributed by atoms with E-state index in [1.54, 1.807) is 11.3 Å². The van der Waals surface area contributed by atoms with Crippen LogP contribution in [-0.2, 0) is 11.2 Å². The highest BCUT2D eigenvalue weighted by atomic mass is 79.9. The Morgan fingerprint density at radius 2 is 2.40 bits per heavy atom. The molecular formula is C11H14BrNOS. The third-order valence-electron chi connectivity index (χ3n) is 2.54. The van der Waals surface area contributed by atoms with Gasteiger partial charge in [0.2, 0.25) is 5.91 Å². The van der Waals surface area contributed by atoms with Crippen molar-refractivity contribution in [1.82, 2.24) is 4.90 Å². The van der Waals surface area contributed by atoms with E-state index in [2.05, 4.69) is 15.9 Å². The first-order valence-electron chi connectivity index (χ1n) is 5.19. The Labute approximate surface area is 102 Å². The second-order valence-corrected chi connectivity index (χ2v) is 5.59. The zero-order valence-corrected chi connectivity index (χ0v) is 10.9. The van der Waals surface area contributed by atoms with Crippen molar-refractivity contribution in [2.75, 3.05) is 11.9 Å². The van der Waals surface area contributed by atoms with E-state index in [0.29, 0.717) is 12.5 Å². The normalized spacial score (nSPS) is 15.3. The van der Waals surface area contributed by atoms with Crippen molar-refractivity contribution in [3.8, 4) is 0 Å². The van der Waals surface area contributed by atoms with E-state index in [1.807, 2.05) is 22.4 Å². The lowest BCUT2D eigenvalue weighted by Crippen LogP contribution is -2.35. The average Bonchev–Trinajstić information content (AvgIpc) is 2.93. The van der Waals surface area contributed by atoms with Gasteiger partial charge >= 0.3 is 0 Å². The molecule has 2 nitrogen and oxygen atoms in total. The molecule has 0 saturated heterocycles. The predicted molar refractivity (Wildman–Crippen MR) is 66.6 cm³/mol. The minimum Gasteiger partial charge on any atom is -0.339 e. The molecule has 0 aliphatic heterocycles. The molecule has 1 heterocycles. The smallest absolute Gasteiger partial charge is 0.228 e. The number of carbonyl (C=O) groups excluding carboxylic acids is 1. The highest BCUT2D eigenvalue weighted by molar-refractivity contribution is 9.09. The fourth-order valence-electron chi connectivity index (χ4n) is 1.65. The molecule has 0 unspecified atom stereocenters. The summed E-state index contributed by atoms with van der Waals surface area (Å²) in [4.78, 5) is 15.2. The van der Waals surface area contributed by atoms with Gasteiger partial charge in [-0.3, -0.25) is 4.79 Å². The molecule has 0 aromatic carbocycles. The molecule has 0 spiro atoms. The van der Waals surface area contributed by atoms with Crippen LogP contribution in [0, 0.1) is 0 Å². The van der Waals surface area contributed by atoms with Gasteiger partial charge in [-0.1, -0.05) is 22.0 Å². The lowest BCUT2D eigenvalue weighted by atomic mass is 10.3. The summed E-state index contributed by atoms with van der Waals surface area (Å²) in [6, 6.07) is 4.55. The Bertz CT molecular complexity index is 321. The highest BCUT2D eigenvalue weighted by Gasteiger charge is 2.31. The van der Waals surface area contributed by atoms with Crippen LogP contribution in [0.15, 0.2) is 17.5 Å². The fourth-order valence-corrected chi connectivity index (χ4v) is 2.73. The van der Waals surface area contributed by atoms with Gasteiger partial charge in [-0.15, -0.1) is 11.3 Å². The Balaban J connectivity index is 1.92. The number of nitrogens with zero attached hydrogens (tertiary/aromatic N) is 1. The van der Waals surface area contributed by atoms with Crippen molar-refractivity contribution < 1.29 is 4.79 Å². The van der Waals surface area contributed by atoms with Crippen molar-refractivity contribution in [3.05, 3.63) is 22.4 Å². The summed E-state index contributed by atoms with van der Waals surface area (Å²) in [7, 11) is 0. The third-order valence-corrected chi connectivity index (χ3v) is 3.77. The monoisotopic (exact) mass is 287 g/mol. The van der Waals surface area contributed by atoms with Crippen LogP contribution in [-0.4, -0.2) is 28.7 Å². The van der Waals surface area contributed by atoms with Crippen molar-refractivity contribution >= 4 is 33.2 Å². The van der Waals surface area contributed by atoms with E-state index in [-0.39, 0.29) is 5.91 Å². The van der Waals surface area contributed by atoms with Gasteiger partial charge in [0.25, 0.3) is 0 Å². The lowest BCUT2D eigenvalue weighted by Gasteiger charge is -2.20. The summed E-state index contributed by atoms with van der Waals surface area (Å²) in [5.74, 6) is 0.277. The maximum absolute atomic E-state index is 12.0. The SMILES string of the molecule is O=C(Cc1cccs1)N(CCBr)C1CC1. The van der Waals surface area contributed by atoms with Crippen LogP contribution in [0.5, 0.6) is 0 Å². The predicted octanol–water partition coefficient (Wildman–Crippen LogP) is 2.68. The first kappa shape index (κ1) is 11.1. The molecule has 1 aliphatic carbocycles. The number of alkyl halides is 1. The zero-order valence-electron chi connectivity index (χ0n) is 8.49. The van der Waals surface area contributed by atoms with E-state index >= 15 is 0 Å². The molecule has 2 rings (SSSR count). The topological polar surface area (TPSA) is 20.3 Å². The molecule has 4 heteroatoms. The zero-order chi connectivity index (χ0) is 10.7. The lowest BCUT2D eigenvalue weighted by molar-refractivity contribution is -0.130. The van der Waals surface area contributed by atoms with Crippen LogP contribution in [0.2, 0.25) is 0 Å². The van der Waals surface area contributed by atoms with Crippen LogP contribution < -0.4 is 0 Å². The third kappa shape index (κ3) is 3.05. The quantitative estimate of drug-likeness (QED) is 0.763. The number of hydrogen-bond donors (Lipinski definition) is 0. The minimum absolute atomic E-state index is 0.277. The van der Waals surface area contributed by atoms with Gasteiger partial charge in [-0.05, 0) is 24.3 Å². The minimum atomic E-state index is 0.277.